The minimum absolute atomic E-state index is 0.434. The van der Waals surface area contributed by atoms with Crippen molar-refractivity contribution in [3.05, 3.63) is 29.3 Å². The zero-order valence-electron chi connectivity index (χ0n) is 9.53. The summed E-state index contributed by atoms with van der Waals surface area (Å²) in [7, 11) is 1.68. The van der Waals surface area contributed by atoms with E-state index in [0.717, 1.165) is 31.5 Å². The van der Waals surface area contributed by atoms with Crippen LogP contribution in [0.1, 0.15) is 29.9 Å². The van der Waals surface area contributed by atoms with Gasteiger partial charge in [0.25, 0.3) is 0 Å². The monoisotopic (exact) mass is 219 g/mol. The molecule has 1 atom stereocenters. The number of rotatable bonds is 4. The maximum absolute atomic E-state index is 10.3. The van der Waals surface area contributed by atoms with Crippen LogP contribution in [0.3, 0.4) is 0 Å². The van der Waals surface area contributed by atoms with E-state index in [1.165, 1.54) is 17.5 Å². The van der Waals surface area contributed by atoms with Gasteiger partial charge in [-0.25, -0.2) is 0 Å². The second-order valence-electron chi connectivity index (χ2n) is 4.18. The molecule has 0 saturated heterocycles. The first kappa shape index (κ1) is 11.0. The van der Waals surface area contributed by atoms with Crippen molar-refractivity contribution in [1.29, 1.82) is 0 Å². The lowest BCUT2D eigenvalue weighted by Gasteiger charge is -2.25. The molecule has 0 unspecified atom stereocenters. The van der Waals surface area contributed by atoms with Gasteiger partial charge in [-0.05, 0) is 42.5 Å². The highest BCUT2D eigenvalue weighted by Gasteiger charge is 2.20. The maximum atomic E-state index is 10.3. The van der Waals surface area contributed by atoms with Gasteiger partial charge in [0.2, 0.25) is 6.41 Å². The second-order valence-corrected chi connectivity index (χ2v) is 4.18. The van der Waals surface area contributed by atoms with Crippen LogP contribution >= 0.6 is 0 Å². The Morgan fingerprint density at radius 2 is 2.44 bits per heavy atom. The van der Waals surface area contributed by atoms with Crippen LogP contribution in [0, 0.1) is 0 Å². The van der Waals surface area contributed by atoms with Gasteiger partial charge in [0.05, 0.1) is 7.11 Å². The molecule has 3 nitrogen and oxygen atoms in total. The van der Waals surface area contributed by atoms with Crippen molar-refractivity contribution in [3.8, 4) is 5.75 Å². The Hall–Kier alpha value is -1.51. The van der Waals surface area contributed by atoms with Gasteiger partial charge < -0.3 is 10.1 Å². The van der Waals surface area contributed by atoms with E-state index in [2.05, 4.69) is 17.4 Å². The van der Waals surface area contributed by atoms with Crippen molar-refractivity contribution in [3.63, 3.8) is 0 Å². The summed E-state index contributed by atoms with van der Waals surface area (Å²) in [6.07, 6.45) is 4.25. The highest BCUT2D eigenvalue weighted by Crippen LogP contribution is 2.33. The van der Waals surface area contributed by atoms with Gasteiger partial charge in [0.15, 0.2) is 0 Å². The van der Waals surface area contributed by atoms with Crippen molar-refractivity contribution in [1.82, 2.24) is 5.32 Å². The predicted octanol–water partition coefficient (Wildman–Crippen LogP) is 1.86. The molecule has 1 aliphatic carbocycles. The van der Waals surface area contributed by atoms with Crippen molar-refractivity contribution in [2.75, 3.05) is 13.7 Å². The molecule has 1 aliphatic rings. The lowest BCUT2D eigenvalue weighted by atomic mass is 9.82. The summed E-state index contributed by atoms with van der Waals surface area (Å²) in [4.78, 5) is 10.3. The van der Waals surface area contributed by atoms with Gasteiger partial charge in [-0.15, -0.1) is 0 Å². The number of carbonyl (C=O) groups excluding carboxylic acids is 1. The summed E-state index contributed by atoms with van der Waals surface area (Å²) in [6.45, 7) is 0.726. The normalized spacial score (nSPS) is 18.7. The fourth-order valence-electron chi connectivity index (χ4n) is 2.40. The Morgan fingerprint density at radius 1 is 1.56 bits per heavy atom. The number of ether oxygens (including phenoxy) is 1. The van der Waals surface area contributed by atoms with E-state index in [1.807, 2.05) is 6.07 Å². The van der Waals surface area contributed by atoms with Crippen LogP contribution in [0.4, 0.5) is 0 Å². The number of hydrogen-bond acceptors (Lipinski definition) is 2. The van der Waals surface area contributed by atoms with E-state index in [-0.39, 0.29) is 0 Å². The lowest BCUT2D eigenvalue weighted by molar-refractivity contribution is -0.109. The summed E-state index contributed by atoms with van der Waals surface area (Å²) in [5.41, 5.74) is 2.73. The van der Waals surface area contributed by atoms with Crippen LogP contribution < -0.4 is 10.1 Å². The Morgan fingerprint density at radius 3 is 3.19 bits per heavy atom. The second kappa shape index (κ2) is 5.01. The van der Waals surface area contributed by atoms with Crippen molar-refractivity contribution < 1.29 is 9.53 Å². The molecule has 1 aromatic rings. The number of aryl methyl sites for hydroxylation is 1. The molecule has 0 aliphatic heterocycles. The molecule has 0 heterocycles. The van der Waals surface area contributed by atoms with Crippen LogP contribution in [-0.4, -0.2) is 20.1 Å². The first-order valence-corrected chi connectivity index (χ1v) is 5.69. The highest BCUT2D eigenvalue weighted by atomic mass is 16.5. The van der Waals surface area contributed by atoms with E-state index >= 15 is 0 Å². The van der Waals surface area contributed by atoms with Gasteiger partial charge in [-0.2, -0.15) is 0 Å². The molecule has 0 bridgehead atoms. The topological polar surface area (TPSA) is 38.3 Å². The third kappa shape index (κ3) is 2.18. The molecule has 0 saturated carbocycles. The van der Waals surface area contributed by atoms with E-state index in [9.17, 15) is 4.79 Å². The van der Waals surface area contributed by atoms with E-state index in [1.54, 1.807) is 7.11 Å². The molecule has 86 valence electrons. The molecule has 0 spiro atoms. The minimum Gasteiger partial charge on any atom is -0.497 e. The van der Waals surface area contributed by atoms with Crippen LogP contribution in [0.15, 0.2) is 18.2 Å². The molecule has 0 fully saturated rings. The van der Waals surface area contributed by atoms with Gasteiger partial charge >= 0.3 is 0 Å². The maximum Gasteiger partial charge on any atom is 0.207 e. The van der Waals surface area contributed by atoms with Gasteiger partial charge in [0.1, 0.15) is 5.75 Å². The molecule has 3 heteroatoms. The van der Waals surface area contributed by atoms with Crippen LogP contribution in [-0.2, 0) is 11.2 Å². The molecular weight excluding hydrogens is 202 g/mol. The molecule has 1 N–H and O–H groups in total. The summed E-state index contributed by atoms with van der Waals surface area (Å²) in [5.74, 6) is 1.33. The Labute approximate surface area is 95.8 Å². The molecule has 0 aromatic heterocycles. The molecular formula is C13H17NO2. The molecule has 0 radical (unpaired) electrons. The Balaban J connectivity index is 2.24. The fraction of sp³-hybridized carbons (Fsp3) is 0.462. The fourth-order valence-corrected chi connectivity index (χ4v) is 2.40. The van der Waals surface area contributed by atoms with E-state index in [4.69, 9.17) is 4.74 Å². The first-order chi connectivity index (χ1) is 7.85. The molecule has 1 aromatic carbocycles. The first-order valence-electron chi connectivity index (χ1n) is 5.69. The van der Waals surface area contributed by atoms with Gasteiger partial charge in [-0.3, -0.25) is 4.79 Å². The number of amides is 1. The number of nitrogens with one attached hydrogen (secondary N) is 1. The summed E-state index contributed by atoms with van der Waals surface area (Å²) >= 11 is 0. The van der Waals surface area contributed by atoms with E-state index in [0.29, 0.717) is 5.92 Å². The Bertz CT molecular complexity index is 376. The van der Waals surface area contributed by atoms with Crippen LogP contribution in [0.2, 0.25) is 0 Å². The SMILES string of the molecule is COc1ccc2c(c1)[C@H](CNC=O)CCC2. The minimum atomic E-state index is 0.434. The smallest absolute Gasteiger partial charge is 0.207 e. The average Bonchev–Trinajstić information content (AvgIpc) is 2.35. The van der Waals surface area contributed by atoms with Crippen LogP contribution in [0.5, 0.6) is 5.75 Å². The molecule has 2 rings (SSSR count). The lowest BCUT2D eigenvalue weighted by Crippen LogP contribution is -2.23. The van der Waals surface area contributed by atoms with Gasteiger partial charge in [0, 0.05) is 12.5 Å². The average molecular weight is 219 g/mol. The summed E-state index contributed by atoms with van der Waals surface area (Å²) < 4.78 is 5.24. The number of hydrogen-bond donors (Lipinski definition) is 1. The standard InChI is InChI=1S/C13H17NO2/c1-16-12-6-5-10-3-2-4-11(8-14-9-15)13(10)7-12/h5-7,9,11H,2-4,8H2,1H3,(H,14,15)/t11-/m0/s1. The van der Waals surface area contributed by atoms with Crippen LogP contribution in [0.25, 0.3) is 0 Å². The summed E-state index contributed by atoms with van der Waals surface area (Å²) in [6, 6.07) is 6.25. The zero-order chi connectivity index (χ0) is 11.4. The number of methoxy groups -OCH3 is 1. The quantitative estimate of drug-likeness (QED) is 0.785. The summed E-state index contributed by atoms with van der Waals surface area (Å²) in [5, 5.41) is 2.77. The Kier molecular flexibility index (Phi) is 3.44. The van der Waals surface area contributed by atoms with Crippen molar-refractivity contribution in [2.24, 2.45) is 0 Å². The van der Waals surface area contributed by atoms with Gasteiger partial charge in [-0.1, -0.05) is 6.07 Å². The van der Waals surface area contributed by atoms with Crippen molar-refractivity contribution >= 4 is 6.41 Å². The van der Waals surface area contributed by atoms with Crippen molar-refractivity contribution in [2.45, 2.75) is 25.2 Å². The van der Waals surface area contributed by atoms with E-state index < -0.39 is 0 Å². The third-order valence-electron chi connectivity index (χ3n) is 3.24. The zero-order valence-corrected chi connectivity index (χ0v) is 9.53. The largest absolute Gasteiger partial charge is 0.497 e. The third-order valence-corrected chi connectivity index (χ3v) is 3.24. The molecule has 1 amide bonds. The highest BCUT2D eigenvalue weighted by molar-refractivity contribution is 5.47. The predicted molar refractivity (Wildman–Crippen MR) is 62.7 cm³/mol. The number of carbonyl (C=O) groups is 1. The number of benzene rings is 1. The number of fused-ring (bicyclic) bond motifs is 1. The molecule has 16 heavy (non-hydrogen) atoms.